The molecule has 2 N–H and O–H groups in total. The summed E-state index contributed by atoms with van der Waals surface area (Å²) in [7, 11) is 0. The monoisotopic (exact) mass is 279 g/mol. The molecular formula is C12H13N3O3S. The first-order valence-corrected chi connectivity index (χ1v) is 6.53. The van der Waals surface area contributed by atoms with Crippen LogP contribution in [-0.2, 0) is 4.79 Å². The lowest BCUT2D eigenvalue weighted by atomic mass is 10.3. The molecule has 0 saturated carbocycles. The van der Waals surface area contributed by atoms with Crippen molar-refractivity contribution in [3.05, 3.63) is 34.2 Å². The van der Waals surface area contributed by atoms with Gasteiger partial charge in [0.1, 0.15) is 11.8 Å². The topological polar surface area (TPSA) is 84.2 Å². The van der Waals surface area contributed by atoms with Gasteiger partial charge in [0.2, 0.25) is 5.91 Å². The summed E-state index contributed by atoms with van der Waals surface area (Å²) >= 11 is 1.32. The van der Waals surface area contributed by atoms with E-state index >= 15 is 0 Å². The average molecular weight is 279 g/mol. The third kappa shape index (κ3) is 3.41. The summed E-state index contributed by atoms with van der Waals surface area (Å²) in [6.07, 6.45) is 0. The lowest BCUT2D eigenvalue weighted by Crippen LogP contribution is -2.41. The fourth-order valence-corrected chi connectivity index (χ4v) is 2.03. The fraction of sp³-hybridized carbons (Fsp3) is 0.250. The van der Waals surface area contributed by atoms with Crippen LogP contribution in [-0.4, -0.2) is 23.0 Å². The molecule has 0 fully saturated rings. The van der Waals surface area contributed by atoms with Crippen molar-refractivity contribution < 1.29 is 14.1 Å². The SMILES string of the molecule is Cc1cc(NC(=O)[C@H](C)NC(=O)c2cccs2)no1. The maximum atomic E-state index is 11.8. The summed E-state index contributed by atoms with van der Waals surface area (Å²) in [5.41, 5.74) is 0. The van der Waals surface area contributed by atoms with E-state index in [2.05, 4.69) is 15.8 Å². The van der Waals surface area contributed by atoms with Crippen molar-refractivity contribution >= 4 is 29.0 Å². The molecule has 0 unspecified atom stereocenters. The van der Waals surface area contributed by atoms with Gasteiger partial charge in [0.25, 0.3) is 5.91 Å². The van der Waals surface area contributed by atoms with Gasteiger partial charge in [-0.25, -0.2) is 0 Å². The number of hydrogen-bond acceptors (Lipinski definition) is 5. The van der Waals surface area contributed by atoms with Gasteiger partial charge in [-0.3, -0.25) is 9.59 Å². The van der Waals surface area contributed by atoms with Crippen LogP contribution in [0.5, 0.6) is 0 Å². The normalized spacial score (nSPS) is 11.9. The van der Waals surface area contributed by atoms with Gasteiger partial charge in [-0.15, -0.1) is 11.3 Å². The summed E-state index contributed by atoms with van der Waals surface area (Å²) in [6, 6.07) is 4.42. The third-order valence-electron chi connectivity index (χ3n) is 2.37. The Balaban J connectivity index is 1.91. The first kappa shape index (κ1) is 13.3. The van der Waals surface area contributed by atoms with E-state index in [0.717, 1.165) is 0 Å². The molecule has 100 valence electrons. The molecule has 2 rings (SSSR count). The Morgan fingerprint density at radius 1 is 1.47 bits per heavy atom. The summed E-state index contributed by atoms with van der Waals surface area (Å²) in [6.45, 7) is 3.33. The molecule has 0 spiro atoms. The van der Waals surface area contributed by atoms with Crippen LogP contribution >= 0.6 is 11.3 Å². The molecule has 2 heterocycles. The Morgan fingerprint density at radius 3 is 2.84 bits per heavy atom. The highest BCUT2D eigenvalue weighted by Gasteiger charge is 2.18. The summed E-state index contributed by atoms with van der Waals surface area (Å²) in [5, 5.41) is 10.6. The van der Waals surface area contributed by atoms with Gasteiger partial charge in [-0.05, 0) is 25.3 Å². The van der Waals surface area contributed by atoms with Crippen LogP contribution in [0.3, 0.4) is 0 Å². The number of thiophene rings is 1. The molecule has 0 aliphatic carbocycles. The molecule has 0 aromatic carbocycles. The highest BCUT2D eigenvalue weighted by Crippen LogP contribution is 2.09. The van der Waals surface area contributed by atoms with E-state index in [1.165, 1.54) is 11.3 Å². The molecule has 0 aliphatic rings. The first-order chi connectivity index (χ1) is 9.06. The van der Waals surface area contributed by atoms with E-state index < -0.39 is 6.04 Å². The maximum Gasteiger partial charge on any atom is 0.261 e. The summed E-state index contributed by atoms with van der Waals surface area (Å²) in [5.74, 6) is 0.317. The zero-order valence-corrected chi connectivity index (χ0v) is 11.3. The number of aromatic nitrogens is 1. The highest BCUT2D eigenvalue weighted by atomic mass is 32.1. The highest BCUT2D eigenvalue weighted by molar-refractivity contribution is 7.12. The van der Waals surface area contributed by atoms with E-state index in [9.17, 15) is 9.59 Å². The predicted molar refractivity (Wildman–Crippen MR) is 71.1 cm³/mol. The number of aryl methyl sites for hydroxylation is 1. The maximum absolute atomic E-state index is 11.8. The molecule has 2 amide bonds. The summed E-state index contributed by atoms with van der Waals surface area (Å²) < 4.78 is 4.83. The lowest BCUT2D eigenvalue weighted by Gasteiger charge is -2.11. The van der Waals surface area contributed by atoms with Crippen LogP contribution in [0.2, 0.25) is 0 Å². The molecule has 0 aliphatic heterocycles. The van der Waals surface area contributed by atoms with Crippen molar-refractivity contribution in [1.82, 2.24) is 10.5 Å². The minimum Gasteiger partial charge on any atom is -0.360 e. The second-order valence-electron chi connectivity index (χ2n) is 3.98. The van der Waals surface area contributed by atoms with Gasteiger partial charge in [-0.1, -0.05) is 11.2 Å². The molecule has 6 nitrogen and oxygen atoms in total. The van der Waals surface area contributed by atoms with Crippen LogP contribution in [0.4, 0.5) is 5.82 Å². The lowest BCUT2D eigenvalue weighted by molar-refractivity contribution is -0.117. The van der Waals surface area contributed by atoms with Crippen LogP contribution in [0.1, 0.15) is 22.4 Å². The van der Waals surface area contributed by atoms with Crippen molar-refractivity contribution in [3.8, 4) is 0 Å². The minimum absolute atomic E-state index is 0.269. The summed E-state index contributed by atoms with van der Waals surface area (Å²) in [4.78, 5) is 24.2. The number of nitrogens with one attached hydrogen (secondary N) is 2. The zero-order chi connectivity index (χ0) is 13.8. The van der Waals surface area contributed by atoms with Gasteiger partial charge >= 0.3 is 0 Å². The molecular weight excluding hydrogens is 266 g/mol. The number of carbonyl (C=O) groups is 2. The van der Waals surface area contributed by atoms with Crippen molar-refractivity contribution in [1.29, 1.82) is 0 Å². The zero-order valence-electron chi connectivity index (χ0n) is 10.5. The Hall–Kier alpha value is -2.15. The van der Waals surface area contributed by atoms with Gasteiger partial charge < -0.3 is 15.2 Å². The Kier molecular flexibility index (Phi) is 3.96. The van der Waals surface area contributed by atoms with Gasteiger partial charge in [-0.2, -0.15) is 0 Å². The number of rotatable bonds is 4. The number of hydrogen-bond donors (Lipinski definition) is 2. The van der Waals surface area contributed by atoms with Gasteiger partial charge in [0, 0.05) is 6.07 Å². The second kappa shape index (κ2) is 5.66. The van der Waals surface area contributed by atoms with Crippen LogP contribution < -0.4 is 10.6 Å². The molecule has 0 saturated heterocycles. The van der Waals surface area contributed by atoms with Gasteiger partial charge in [0.05, 0.1) is 4.88 Å². The molecule has 1 atom stereocenters. The third-order valence-corrected chi connectivity index (χ3v) is 3.23. The smallest absolute Gasteiger partial charge is 0.261 e. The standard InChI is InChI=1S/C12H13N3O3S/c1-7-6-10(15-18-7)14-11(16)8(2)13-12(17)9-4-3-5-19-9/h3-6,8H,1-2H3,(H,13,17)(H,14,15,16)/t8-/m0/s1. The average Bonchev–Trinajstić information content (AvgIpc) is 3.00. The molecule has 2 aromatic heterocycles. The van der Waals surface area contributed by atoms with Crippen molar-refractivity contribution in [2.75, 3.05) is 5.32 Å². The Morgan fingerprint density at radius 2 is 2.26 bits per heavy atom. The predicted octanol–water partition coefficient (Wildman–Crippen LogP) is 1.80. The second-order valence-corrected chi connectivity index (χ2v) is 4.93. The number of anilines is 1. The van der Waals surface area contributed by atoms with Crippen molar-refractivity contribution in [2.24, 2.45) is 0 Å². The van der Waals surface area contributed by atoms with E-state index in [1.54, 1.807) is 37.4 Å². The quantitative estimate of drug-likeness (QED) is 0.893. The van der Waals surface area contributed by atoms with Crippen molar-refractivity contribution in [3.63, 3.8) is 0 Å². The number of carbonyl (C=O) groups excluding carboxylic acids is 2. The van der Waals surface area contributed by atoms with E-state index in [-0.39, 0.29) is 11.8 Å². The molecule has 7 heteroatoms. The largest absolute Gasteiger partial charge is 0.360 e. The molecule has 19 heavy (non-hydrogen) atoms. The number of nitrogens with zero attached hydrogens (tertiary/aromatic N) is 1. The molecule has 0 bridgehead atoms. The minimum atomic E-state index is -0.661. The van der Waals surface area contributed by atoms with E-state index in [4.69, 9.17) is 4.52 Å². The van der Waals surface area contributed by atoms with Crippen LogP contribution in [0.15, 0.2) is 28.1 Å². The van der Waals surface area contributed by atoms with Crippen LogP contribution in [0.25, 0.3) is 0 Å². The van der Waals surface area contributed by atoms with Crippen LogP contribution in [0, 0.1) is 6.92 Å². The molecule has 0 radical (unpaired) electrons. The van der Waals surface area contributed by atoms with Crippen molar-refractivity contribution in [2.45, 2.75) is 19.9 Å². The molecule has 2 aromatic rings. The van der Waals surface area contributed by atoms with Gasteiger partial charge in [0.15, 0.2) is 5.82 Å². The fourth-order valence-electron chi connectivity index (χ4n) is 1.40. The Labute approximate surface area is 113 Å². The Bertz CT molecular complexity index is 577. The van der Waals surface area contributed by atoms with E-state index in [1.807, 2.05) is 0 Å². The van der Waals surface area contributed by atoms with E-state index in [0.29, 0.717) is 16.5 Å². The number of amides is 2. The first-order valence-electron chi connectivity index (χ1n) is 5.65.